The van der Waals surface area contributed by atoms with Crippen LogP contribution in [-0.2, 0) is 11.2 Å². The summed E-state index contributed by atoms with van der Waals surface area (Å²) in [5.74, 6) is 0.581. The largest absolute Gasteiger partial charge is 0.486 e. The van der Waals surface area contributed by atoms with Crippen molar-refractivity contribution >= 4 is 5.97 Å². The maximum absolute atomic E-state index is 12.0. The minimum atomic E-state index is -0.308. The van der Waals surface area contributed by atoms with Crippen LogP contribution in [0.3, 0.4) is 0 Å². The molecule has 3 rings (SSSR count). The molecule has 1 aliphatic rings. The number of esters is 1. The van der Waals surface area contributed by atoms with E-state index in [1.165, 1.54) is 5.56 Å². The minimum Gasteiger partial charge on any atom is -0.486 e. The number of rotatable bonds is 3. The number of carbonyl (C=O) groups excluding carboxylic acids is 1. The highest BCUT2D eigenvalue weighted by molar-refractivity contribution is 5.89. The summed E-state index contributed by atoms with van der Waals surface area (Å²) in [7, 11) is 0. The molecule has 0 fully saturated rings. The first-order valence-electron chi connectivity index (χ1n) is 6.74. The number of fused-ring (bicyclic) bond motifs is 1. The Morgan fingerprint density at radius 2 is 1.85 bits per heavy atom. The summed E-state index contributed by atoms with van der Waals surface area (Å²) in [4.78, 5) is 12.0. The first-order valence-corrected chi connectivity index (χ1v) is 6.74. The van der Waals surface area contributed by atoms with Crippen LogP contribution in [-0.4, -0.2) is 18.2 Å². The summed E-state index contributed by atoms with van der Waals surface area (Å²) in [6.07, 6.45) is 0.384. The molecule has 20 heavy (non-hydrogen) atoms. The van der Waals surface area contributed by atoms with E-state index in [0.29, 0.717) is 5.56 Å². The molecule has 0 saturated heterocycles. The predicted octanol–water partition coefficient (Wildman–Crippen LogP) is 3.24. The summed E-state index contributed by atoms with van der Waals surface area (Å²) < 4.78 is 11.3. The van der Waals surface area contributed by atoms with Gasteiger partial charge in [-0.25, -0.2) is 4.79 Å². The number of para-hydroxylation sites is 1. The Labute approximate surface area is 118 Å². The first-order chi connectivity index (χ1) is 9.74. The summed E-state index contributed by atoms with van der Waals surface area (Å²) in [5.41, 5.74) is 1.73. The molecule has 0 aromatic heterocycles. The molecule has 0 N–H and O–H groups in total. The van der Waals surface area contributed by atoms with Crippen molar-refractivity contribution in [2.45, 2.75) is 25.6 Å². The van der Waals surface area contributed by atoms with Crippen LogP contribution in [0.15, 0.2) is 54.6 Å². The Bertz CT molecular complexity index is 582. The third kappa shape index (κ3) is 2.52. The molecule has 0 bridgehead atoms. The van der Waals surface area contributed by atoms with Gasteiger partial charge in [-0.05, 0) is 30.7 Å². The van der Waals surface area contributed by atoms with E-state index in [9.17, 15) is 4.79 Å². The summed E-state index contributed by atoms with van der Waals surface area (Å²) in [5, 5.41) is 0. The smallest absolute Gasteiger partial charge is 0.338 e. The van der Waals surface area contributed by atoms with E-state index in [1.54, 1.807) is 12.1 Å². The van der Waals surface area contributed by atoms with E-state index in [-0.39, 0.29) is 18.2 Å². The van der Waals surface area contributed by atoms with Gasteiger partial charge in [-0.2, -0.15) is 0 Å². The first kappa shape index (κ1) is 12.7. The fraction of sp³-hybridized carbons (Fsp3) is 0.235. The highest BCUT2D eigenvalue weighted by Gasteiger charge is 2.29. The van der Waals surface area contributed by atoms with Crippen molar-refractivity contribution < 1.29 is 14.3 Å². The maximum atomic E-state index is 12.0. The van der Waals surface area contributed by atoms with E-state index >= 15 is 0 Å². The van der Waals surface area contributed by atoms with Gasteiger partial charge in [0, 0.05) is 6.42 Å². The molecule has 0 spiro atoms. The van der Waals surface area contributed by atoms with E-state index < -0.39 is 0 Å². The van der Waals surface area contributed by atoms with Crippen LogP contribution in [0.4, 0.5) is 0 Å². The molecule has 3 nitrogen and oxygen atoms in total. The predicted molar refractivity (Wildman–Crippen MR) is 75.9 cm³/mol. The van der Waals surface area contributed by atoms with Gasteiger partial charge in [0.15, 0.2) is 0 Å². The third-order valence-electron chi connectivity index (χ3n) is 3.50. The van der Waals surface area contributed by atoms with Crippen molar-refractivity contribution in [1.29, 1.82) is 0 Å². The SMILES string of the molecule is CC(OC(=O)c1ccccc1)C1Cc2ccccc2O1. The second kappa shape index (κ2) is 5.37. The van der Waals surface area contributed by atoms with Crippen LogP contribution < -0.4 is 4.74 Å². The average Bonchev–Trinajstić information content (AvgIpc) is 2.92. The lowest BCUT2D eigenvalue weighted by molar-refractivity contribution is 0.00335. The van der Waals surface area contributed by atoms with Crippen molar-refractivity contribution in [2.75, 3.05) is 0 Å². The molecule has 102 valence electrons. The van der Waals surface area contributed by atoms with E-state index in [0.717, 1.165) is 12.2 Å². The molecule has 0 aliphatic carbocycles. The van der Waals surface area contributed by atoms with Gasteiger partial charge in [-0.3, -0.25) is 0 Å². The molecule has 2 unspecified atom stereocenters. The molecule has 2 atom stereocenters. The van der Waals surface area contributed by atoms with Crippen molar-refractivity contribution in [3.05, 3.63) is 65.7 Å². The standard InChI is InChI=1S/C17H16O3/c1-12(19-17(18)13-7-3-2-4-8-13)16-11-14-9-5-6-10-15(14)20-16/h2-10,12,16H,11H2,1H3. The van der Waals surface area contributed by atoms with Crippen molar-refractivity contribution in [1.82, 2.24) is 0 Å². The average molecular weight is 268 g/mol. The van der Waals surface area contributed by atoms with Crippen molar-refractivity contribution in [3.63, 3.8) is 0 Å². The van der Waals surface area contributed by atoms with Crippen LogP contribution in [0.25, 0.3) is 0 Å². The van der Waals surface area contributed by atoms with Crippen molar-refractivity contribution in [2.24, 2.45) is 0 Å². The van der Waals surface area contributed by atoms with E-state index in [2.05, 4.69) is 0 Å². The second-order valence-corrected chi connectivity index (χ2v) is 4.94. The molecule has 1 aliphatic heterocycles. The highest BCUT2D eigenvalue weighted by Crippen LogP contribution is 2.30. The number of hydrogen-bond acceptors (Lipinski definition) is 3. The van der Waals surface area contributed by atoms with Crippen LogP contribution in [0.1, 0.15) is 22.8 Å². The van der Waals surface area contributed by atoms with Gasteiger partial charge >= 0.3 is 5.97 Å². The lowest BCUT2D eigenvalue weighted by Crippen LogP contribution is -2.32. The quantitative estimate of drug-likeness (QED) is 0.802. The molecular formula is C17H16O3. The summed E-state index contributed by atoms with van der Waals surface area (Å²) in [6, 6.07) is 16.9. The Hall–Kier alpha value is -2.29. The minimum absolute atomic E-state index is 0.111. The van der Waals surface area contributed by atoms with Crippen molar-refractivity contribution in [3.8, 4) is 5.75 Å². The fourth-order valence-electron chi connectivity index (χ4n) is 2.36. The molecule has 0 saturated carbocycles. The van der Waals surface area contributed by atoms with Crippen LogP contribution in [0, 0.1) is 0 Å². The third-order valence-corrected chi connectivity index (χ3v) is 3.50. The Kier molecular flexibility index (Phi) is 3.42. The number of ether oxygens (including phenoxy) is 2. The normalized spacial score (nSPS) is 17.9. The van der Waals surface area contributed by atoms with Gasteiger partial charge in [0.2, 0.25) is 0 Å². The topological polar surface area (TPSA) is 35.5 Å². The number of carbonyl (C=O) groups is 1. The van der Waals surface area contributed by atoms with Gasteiger partial charge in [0.05, 0.1) is 5.56 Å². The molecule has 2 aromatic rings. The van der Waals surface area contributed by atoms with Crippen LogP contribution in [0.2, 0.25) is 0 Å². The van der Waals surface area contributed by atoms with Gasteiger partial charge in [-0.15, -0.1) is 0 Å². The monoisotopic (exact) mass is 268 g/mol. The van der Waals surface area contributed by atoms with Gasteiger partial charge in [-0.1, -0.05) is 36.4 Å². The maximum Gasteiger partial charge on any atom is 0.338 e. The van der Waals surface area contributed by atoms with E-state index in [4.69, 9.17) is 9.47 Å². The molecule has 3 heteroatoms. The highest BCUT2D eigenvalue weighted by atomic mass is 16.6. The summed E-state index contributed by atoms with van der Waals surface area (Å²) in [6.45, 7) is 1.87. The molecule has 2 aromatic carbocycles. The fourth-order valence-corrected chi connectivity index (χ4v) is 2.36. The molecule has 0 radical (unpaired) electrons. The molecule has 1 heterocycles. The zero-order chi connectivity index (χ0) is 13.9. The van der Waals surface area contributed by atoms with Gasteiger partial charge in [0.25, 0.3) is 0 Å². The van der Waals surface area contributed by atoms with Gasteiger partial charge < -0.3 is 9.47 Å². The van der Waals surface area contributed by atoms with Crippen LogP contribution in [0.5, 0.6) is 5.75 Å². The van der Waals surface area contributed by atoms with Gasteiger partial charge in [0.1, 0.15) is 18.0 Å². The summed E-state index contributed by atoms with van der Waals surface area (Å²) >= 11 is 0. The van der Waals surface area contributed by atoms with E-state index in [1.807, 2.05) is 49.4 Å². The molecule has 0 amide bonds. The number of benzene rings is 2. The Morgan fingerprint density at radius 1 is 1.15 bits per heavy atom. The second-order valence-electron chi connectivity index (χ2n) is 4.94. The zero-order valence-electron chi connectivity index (χ0n) is 11.3. The number of hydrogen-bond donors (Lipinski definition) is 0. The Morgan fingerprint density at radius 3 is 2.60 bits per heavy atom. The zero-order valence-corrected chi connectivity index (χ0v) is 11.3. The van der Waals surface area contributed by atoms with Crippen LogP contribution >= 0.6 is 0 Å². The lowest BCUT2D eigenvalue weighted by Gasteiger charge is -2.19. The molecular weight excluding hydrogens is 252 g/mol. The lowest BCUT2D eigenvalue weighted by atomic mass is 10.1. The Balaban J connectivity index is 1.64.